The van der Waals surface area contributed by atoms with E-state index in [1.807, 2.05) is 4.98 Å². The minimum absolute atomic E-state index is 0.136. The third kappa shape index (κ3) is 2.88. The van der Waals surface area contributed by atoms with Crippen molar-refractivity contribution in [1.29, 1.82) is 0 Å². The maximum absolute atomic E-state index is 11.8. The molecule has 0 saturated carbocycles. The number of aliphatic hydroxyl groups is 1. The van der Waals surface area contributed by atoms with Crippen LogP contribution in [0.25, 0.3) is 20.9 Å². The molecule has 1 saturated heterocycles. The van der Waals surface area contributed by atoms with Gasteiger partial charge in [-0.15, -0.1) is 0 Å². The maximum atomic E-state index is 11.8. The molecule has 3 atom stereocenters. The van der Waals surface area contributed by atoms with Gasteiger partial charge in [-0.1, -0.05) is 10.2 Å². The Balaban J connectivity index is 2.41. The predicted octanol–water partition coefficient (Wildman–Crippen LogP) is 0.437. The van der Waals surface area contributed by atoms with Gasteiger partial charge in [-0.2, -0.15) is 0 Å². The van der Waals surface area contributed by atoms with Crippen LogP contribution in [0.3, 0.4) is 0 Å². The molecular weight excluding hydrogens is 284 g/mol. The van der Waals surface area contributed by atoms with Gasteiger partial charge in [-0.05, 0) is 11.1 Å². The van der Waals surface area contributed by atoms with Crippen LogP contribution in [-0.2, 0) is 4.74 Å². The van der Waals surface area contributed by atoms with Crippen molar-refractivity contribution in [3.8, 4) is 0 Å². The molecule has 1 aliphatic heterocycles. The van der Waals surface area contributed by atoms with Crippen LogP contribution < -0.4 is 11.2 Å². The van der Waals surface area contributed by atoms with Gasteiger partial charge in [0.1, 0.15) is 11.9 Å². The van der Waals surface area contributed by atoms with Gasteiger partial charge in [0.2, 0.25) is 0 Å². The van der Waals surface area contributed by atoms with Crippen LogP contribution in [0.15, 0.2) is 26.0 Å². The number of aromatic amines is 1. The zero-order chi connectivity index (χ0) is 15.4. The summed E-state index contributed by atoms with van der Waals surface area (Å²) in [6.07, 6.45) is -0.419. The highest BCUT2D eigenvalue weighted by atomic mass is 16.5. The number of rotatable bonds is 4. The van der Waals surface area contributed by atoms with Crippen LogP contribution in [0, 0.1) is 0 Å². The molecule has 1 aliphatic rings. The van der Waals surface area contributed by atoms with E-state index in [1.165, 1.54) is 0 Å². The lowest BCUT2D eigenvalue weighted by molar-refractivity contribution is -0.0270. The lowest BCUT2D eigenvalue weighted by Crippen LogP contribution is -2.32. The van der Waals surface area contributed by atoms with Gasteiger partial charge in [0.15, 0.2) is 0 Å². The minimum atomic E-state index is -0.852. The fourth-order valence-corrected chi connectivity index (χ4v) is 2.05. The van der Waals surface area contributed by atoms with Crippen molar-refractivity contribution in [1.82, 2.24) is 9.55 Å². The number of hydrogen-bond donors (Lipinski definition) is 2. The van der Waals surface area contributed by atoms with E-state index in [0.717, 1.165) is 10.8 Å². The molecule has 1 unspecified atom stereocenters. The molecule has 1 aromatic rings. The van der Waals surface area contributed by atoms with E-state index in [4.69, 9.17) is 20.9 Å². The lowest BCUT2D eigenvalue weighted by Gasteiger charge is -2.14. The van der Waals surface area contributed by atoms with Crippen molar-refractivity contribution in [2.24, 2.45) is 10.2 Å². The number of aliphatic hydroxyl groups excluding tert-OH is 1. The molecule has 0 amide bonds. The number of hydrogen-bond acceptors (Lipinski definition) is 6. The smallest absolute Gasteiger partial charge is 0.330 e. The van der Waals surface area contributed by atoms with Crippen molar-refractivity contribution >= 4 is 5.69 Å². The fourth-order valence-electron chi connectivity index (χ4n) is 2.05. The Morgan fingerprint density at radius 1 is 1.48 bits per heavy atom. The fraction of sp³-hybridized carbons (Fsp3) is 0.556. The highest BCUT2D eigenvalue weighted by Crippen LogP contribution is 2.30. The lowest BCUT2D eigenvalue weighted by atomic mass is 10.1. The molecule has 12 heteroatoms. The molecule has 110 valence electrons. The van der Waals surface area contributed by atoms with E-state index >= 15 is 0 Å². The third-order valence-electron chi connectivity index (χ3n) is 3.00. The minimum Gasteiger partial charge on any atom is -0.394 e. The van der Waals surface area contributed by atoms with Gasteiger partial charge in [0.25, 0.3) is 5.56 Å². The molecule has 0 aromatic carbocycles. The van der Waals surface area contributed by atoms with Crippen LogP contribution in [0.2, 0.25) is 0 Å². The number of aromatic nitrogens is 2. The zero-order valence-corrected chi connectivity index (χ0v) is 10.5. The first kappa shape index (κ1) is 14.6. The molecule has 0 aliphatic carbocycles. The quantitative estimate of drug-likeness (QED) is 0.464. The maximum Gasteiger partial charge on any atom is 0.330 e. The average Bonchev–Trinajstić information content (AvgIpc) is 2.85. The Labute approximate surface area is 115 Å². The third-order valence-corrected chi connectivity index (χ3v) is 3.00. The summed E-state index contributed by atoms with van der Waals surface area (Å²) in [4.78, 5) is 30.3. The van der Waals surface area contributed by atoms with Crippen molar-refractivity contribution in [2.45, 2.75) is 24.8 Å². The summed E-state index contributed by atoms with van der Waals surface area (Å²) in [5, 5.41) is 15.8. The number of ether oxygens (including phenoxy) is 1. The van der Waals surface area contributed by atoms with Gasteiger partial charge in [-0.3, -0.25) is 14.3 Å². The van der Waals surface area contributed by atoms with E-state index < -0.39 is 29.6 Å². The Morgan fingerprint density at radius 2 is 2.24 bits per heavy atom. The zero-order valence-electron chi connectivity index (χ0n) is 10.5. The van der Waals surface area contributed by atoms with Crippen molar-refractivity contribution in [3.63, 3.8) is 0 Å². The Bertz CT molecular complexity index is 741. The summed E-state index contributed by atoms with van der Waals surface area (Å²) in [6.45, 7) is -0.387. The van der Waals surface area contributed by atoms with Crippen LogP contribution in [0.4, 0.5) is 5.69 Å². The second-order valence-electron chi connectivity index (χ2n) is 4.19. The highest BCUT2D eigenvalue weighted by molar-refractivity contribution is 5.29. The largest absolute Gasteiger partial charge is 0.394 e. The van der Waals surface area contributed by atoms with Gasteiger partial charge in [0, 0.05) is 22.4 Å². The molecule has 21 heavy (non-hydrogen) atoms. The first-order valence-electron chi connectivity index (χ1n) is 5.81. The molecule has 2 rings (SSSR count). The Morgan fingerprint density at radius 3 is 2.86 bits per heavy atom. The van der Waals surface area contributed by atoms with Gasteiger partial charge in [-0.25, -0.2) is 4.79 Å². The summed E-state index contributed by atoms with van der Waals surface area (Å²) in [5.74, 6) is 0. The standard InChI is InChI=1S/C9H10N8O4/c10-15-13-4-1-7(21-6(4)3-18)17-2-5(14-16-11)8(19)12-9(17)20/h2,4,6-7,18H,1,3H2,(H,12,19,20)/t4?,6-,7-/m0/s1. The molecule has 0 bridgehead atoms. The molecule has 1 fully saturated rings. The normalized spacial score (nSPS) is 24.1. The Kier molecular flexibility index (Phi) is 4.26. The first-order chi connectivity index (χ1) is 10.1. The molecule has 1 aromatic heterocycles. The summed E-state index contributed by atoms with van der Waals surface area (Å²) >= 11 is 0. The van der Waals surface area contributed by atoms with Gasteiger partial charge < -0.3 is 9.84 Å². The number of nitrogens with one attached hydrogen (secondary N) is 1. The monoisotopic (exact) mass is 294 g/mol. The Hall–Kier alpha value is -2.78. The van der Waals surface area contributed by atoms with E-state index in [0.29, 0.717) is 0 Å². The van der Waals surface area contributed by atoms with E-state index in [9.17, 15) is 9.59 Å². The number of H-pyrrole nitrogens is 1. The van der Waals surface area contributed by atoms with E-state index in [2.05, 4.69) is 20.1 Å². The van der Waals surface area contributed by atoms with Crippen LogP contribution in [-0.4, -0.2) is 33.4 Å². The van der Waals surface area contributed by atoms with E-state index in [-0.39, 0.29) is 18.7 Å². The SMILES string of the molecule is [N-]=[N+]=Nc1cn([C@@H]2CC(N=[N+]=[N-])[C@H](CO)O2)c(=O)[nH]c1=O. The molecule has 0 spiro atoms. The van der Waals surface area contributed by atoms with Crippen molar-refractivity contribution in [3.05, 3.63) is 47.9 Å². The molecule has 12 nitrogen and oxygen atoms in total. The van der Waals surface area contributed by atoms with Crippen molar-refractivity contribution in [2.75, 3.05) is 6.61 Å². The second-order valence-corrected chi connectivity index (χ2v) is 4.19. The molecule has 2 heterocycles. The average molecular weight is 294 g/mol. The van der Waals surface area contributed by atoms with E-state index in [1.54, 1.807) is 0 Å². The van der Waals surface area contributed by atoms with Crippen LogP contribution in [0.1, 0.15) is 12.6 Å². The summed E-state index contributed by atoms with van der Waals surface area (Å²) in [6, 6.07) is -0.647. The van der Waals surface area contributed by atoms with Gasteiger partial charge in [0.05, 0.1) is 18.8 Å². The topological polar surface area (TPSA) is 182 Å². The molecular formula is C9H10N8O4. The second kappa shape index (κ2) is 6.11. The first-order valence-corrected chi connectivity index (χ1v) is 5.81. The van der Waals surface area contributed by atoms with Crippen LogP contribution in [0.5, 0.6) is 0 Å². The van der Waals surface area contributed by atoms with Gasteiger partial charge >= 0.3 is 5.69 Å². The summed E-state index contributed by atoms with van der Waals surface area (Å²) < 4.78 is 6.42. The number of azide groups is 2. The summed E-state index contributed by atoms with van der Waals surface area (Å²) in [5.41, 5.74) is 14.9. The highest BCUT2D eigenvalue weighted by Gasteiger charge is 2.35. The molecule has 0 radical (unpaired) electrons. The molecule has 2 N–H and O–H groups in total. The van der Waals surface area contributed by atoms with Crippen molar-refractivity contribution < 1.29 is 9.84 Å². The predicted molar refractivity (Wildman–Crippen MR) is 68.7 cm³/mol. The summed E-state index contributed by atoms with van der Waals surface area (Å²) in [7, 11) is 0. The number of nitrogens with zero attached hydrogens (tertiary/aromatic N) is 7. The van der Waals surface area contributed by atoms with Crippen LogP contribution >= 0.6 is 0 Å².